The van der Waals surface area contributed by atoms with E-state index >= 15 is 0 Å². The zero-order valence-corrected chi connectivity index (χ0v) is 11.6. The number of carbonyl (C=O) groups is 1. The Labute approximate surface area is 113 Å². The van der Waals surface area contributed by atoms with Crippen LogP contribution in [0.15, 0.2) is 24.3 Å². The third kappa shape index (κ3) is 3.70. The van der Waals surface area contributed by atoms with Gasteiger partial charge in [0.05, 0.1) is 6.54 Å². The van der Waals surface area contributed by atoms with Crippen LogP contribution >= 0.6 is 12.2 Å². The van der Waals surface area contributed by atoms with E-state index < -0.39 is 0 Å². The minimum atomic E-state index is -0.0267. The van der Waals surface area contributed by atoms with Crippen LogP contribution in [0.25, 0.3) is 0 Å². The number of hydrogen-bond acceptors (Lipinski definition) is 3. The van der Waals surface area contributed by atoms with Crippen LogP contribution in [-0.2, 0) is 4.79 Å². The molecule has 0 fully saturated rings. The first kappa shape index (κ1) is 14.4. The highest BCUT2D eigenvalue weighted by atomic mass is 32.1. The summed E-state index contributed by atoms with van der Waals surface area (Å²) in [5.74, 6) is -0.0267. The first-order valence-corrected chi connectivity index (χ1v) is 6.35. The van der Waals surface area contributed by atoms with Crippen LogP contribution in [0.2, 0.25) is 0 Å². The van der Waals surface area contributed by atoms with Crippen LogP contribution in [0.5, 0.6) is 0 Å². The van der Waals surface area contributed by atoms with Crippen LogP contribution in [0, 0.1) is 0 Å². The highest BCUT2D eigenvalue weighted by Crippen LogP contribution is 2.20. The van der Waals surface area contributed by atoms with Crippen molar-refractivity contribution < 1.29 is 4.79 Å². The maximum absolute atomic E-state index is 11.5. The number of nitrogens with two attached hydrogens (primary N) is 1. The van der Waals surface area contributed by atoms with Gasteiger partial charge in [0.25, 0.3) is 0 Å². The highest BCUT2D eigenvalue weighted by Gasteiger charge is 2.14. The molecule has 0 aliphatic heterocycles. The quantitative estimate of drug-likeness (QED) is 0.761. The molecule has 1 aromatic carbocycles. The van der Waals surface area contributed by atoms with Crippen molar-refractivity contribution in [1.29, 1.82) is 0 Å². The number of amides is 1. The number of nitrogens with one attached hydrogen (secondary N) is 1. The van der Waals surface area contributed by atoms with Crippen molar-refractivity contribution in [2.24, 2.45) is 5.73 Å². The van der Waals surface area contributed by atoms with Crippen LogP contribution in [0.3, 0.4) is 0 Å². The molecule has 0 bridgehead atoms. The molecule has 1 aromatic rings. The average molecular weight is 265 g/mol. The average Bonchev–Trinajstić information content (AvgIpc) is 2.38. The summed E-state index contributed by atoms with van der Waals surface area (Å²) in [6.45, 7) is 3.16. The molecule has 0 aliphatic rings. The third-order valence-electron chi connectivity index (χ3n) is 2.62. The Morgan fingerprint density at radius 3 is 2.67 bits per heavy atom. The number of thiocarbonyl (C=S) groups is 1. The third-order valence-corrected chi connectivity index (χ3v) is 2.84. The Hall–Kier alpha value is -1.62. The van der Waals surface area contributed by atoms with E-state index in [1.54, 1.807) is 7.05 Å². The van der Waals surface area contributed by atoms with Gasteiger partial charge in [-0.15, -0.1) is 0 Å². The maximum atomic E-state index is 11.5. The van der Waals surface area contributed by atoms with Crippen molar-refractivity contribution in [3.63, 3.8) is 0 Å². The first-order chi connectivity index (χ1) is 8.60. The Morgan fingerprint density at radius 1 is 1.44 bits per heavy atom. The fourth-order valence-electron chi connectivity index (χ4n) is 1.76. The number of nitrogens with zero attached hydrogens (tertiary/aromatic N) is 1. The van der Waals surface area contributed by atoms with E-state index in [4.69, 9.17) is 18.0 Å². The maximum Gasteiger partial charge on any atom is 0.239 e. The second kappa shape index (κ2) is 6.96. The molecule has 4 nitrogen and oxygen atoms in total. The largest absolute Gasteiger partial charge is 0.389 e. The zero-order chi connectivity index (χ0) is 13.5. The lowest BCUT2D eigenvalue weighted by molar-refractivity contribution is -0.119. The van der Waals surface area contributed by atoms with Crippen LogP contribution in [-0.4, -0.2) is 31.0 Å². The van der Waals surface area contributed by atoms with Gasteiger partial charge < -0.3 is 16.0 Å². The predicted octanol–water partition coefficient (Wildman–Crippen LogP) is 1.28. The molecule has 98 valence electrons. The number of hydrogen-bond donors (Lipinski definition) is 2. The Balaban J connectivity index is 3.04. The zero-order valence-electron chi connectivity index (χ0n) is 10.8. The van der Waals surface area contributed by atoms with Gasteiger partial charge in [-0.2, -0.15) is 0 Å². The SMILES string of the molecule is CCCN(CC(=O)NC)c1ccccc1C(N)=S. The number of para-hydroxylation sites is 1. The molecule has 0 aliphatic carbocycles. The molecule has 0 spiro atoms. The first-order valence-electron chi connectivity index (χ1n) is 5.94. The van der Waals surface area contributed by atoms with E-state index in [2.05, 4.69) is 12.2 Å². The summed E-state index contributed by atoms with van der Waals surface area (Å²) >= 11 is 5.05. The smallest absolute Gasteiger partial charge is 0.239 e. The Morgan fingerprint density at radius 2 is 2.11 bits per heavy atom. The van der Waals surface area contributed by atoms with Gasteiger partial charge in [-0.05, 0) is 18.6 Å². The van der Waals surface area contributed by atoms with Gasteiger partial charge in [-0.25, -0.2) is 0 Å². The Bertz CT molecular complexity index is 434. The number of carbonyl (C=O) groups excluding carboxylic acids is 1. The summed E-state index contributed by atoms with van der Waals surface area (Å²) in [6.07, 6.45) is 0.947. The summed E-state index contributed by atoms with van der Waals surface area (Å²) in [4.78, 5) is 13.9. The number of benzene rings is 1. The fourth-order valence-corrected chi connectivity index (χ4v) is 1.94. The topological polar surface area (TPSA) is 58.4 Å². The molecule has 0 saturated heterocycles. The van der Waals surface area contributed by atoms with Crippen molar-refractivity contribution in [1.82, 2.24) is 5.32 Å². The van der Waals surface area contributed by atoms with Gasteiger partial charge in [0.1, 0.15) is 4.99 Å². The normalized spacial score (nSPS) is 9.89. The van der Waals surface area contributed by atoms with E-state index in [9.17, 15) is 4.79 Å². The van der Waals surface area contributed by atoms with E-state index in [1.807, 2.05) is 29.2 Å². The van der Waals surface area contributed by atoms with E-state index in [0.29, 0.717) is 11.5 Å². The number of likely N-dealkylation sites (N-methyl/N-ethyl adjacent to an activating group) is 1. The van der Waals surface area contributed by atoms with Crippen LogP contribution in [0.1, 0.15) is 18.9 Å². The summed E-state index contributed by atoms with van der Waals surface area (Å²) in [5, 5.41) is 2.63. The van der Waals surface area contributed by atoms with Crippen LogP contribution in [0.4, 0.5) is 5.69 Å². The molecule has 0 atom stereocenters. The molecule has 1 amide bonds. The van der Waals surface area contributed by atoms with Crippen molar-refractivity contribution >= 4 is 28.8 Å². The monoisotopic (exact) mass is 265 g/mol. The van der Waals surface area contributed by atoms with Gasteiger partial charge in [0.15, 0.2) is 0 Å². The molecular weight excluding hydrogens is 246 g/mol. The summed E-state index contributed by atoms with van der Waals surface area (Å²) < 4.78 is 0. The standard InChI is InChI=1S/C13H19N3OS/c1-3-8-16(9-12(17)15-2)11-7-5-4-6-10(11)13(14)18/h4-7H,3,8-9H2,1-2H3,(H2,14,18)(H,15,17). The molecule has 0 radical (unpaired) electrons. The van der Waals surface area contributed by atoms with Gasteiger partial charge >= 0.3 is 0 Å². The second-order valence-corrected chi connectivity index (χ2v) is 4.42. The summed E-state index contributed by atoms with van der Waals surface area (Å²) in [7, 11) is 1.63. The van der Waals surface area contributed by atoms with Crippen molar-refractivity contribution in [3.8, 4) is 0 Å². The number of anilines is 1. The molecule has 0 unspecified atom stereocenters. The Kier molecular flexibility index (Phi) is 5.58. The van der Waals surface area contributed by atoms with Gasteiger partial charge in [0.2, 0.25) is 5.91 Å². The molecule has 18 heavy (non-hydrogen) atoms. The highest BCUT2D eigenvalue weighted by molar-refractivity contribution is 7.80. The van der Waals surface area contributed by atoms with Crippen molar-refractivity contribution in [3.05, 3.63) is 29.8 Å². The van der Waals surface area contributed by atoms with E-state index in [0.717, 1.165) is 24.2 Å². The van der Waals surface area contributed by atoms with Gasteiger partial charge in [0, 0.05) is 24.8 Å². The lowest BCUT2D eigenvalue weighted by Gasteiger charge is -2.25. The van der Waals surface area contributed by atoms with Crippen LogP contribution < -0.4 is 16.0 Å². The molecule has 3 N–H and O–H groups in total. The molecule has 0 aromatic heterocycles. The summed E-state index contributed by atoms with van der Waals surface area (Å²) in [6, 6.07) is 7.63. The predicted molar refractivity (Wildman–Crippen MR) is 78.9 cm³/mol. The minimum Gasteiger partial charge on any atom is -0.389 e. The lowest BCUT2D eigenvalue weighted by atomic mass is 10.1. The van der Waals surface area contributed by atoms with E-state index in [-0.39, 0.29) is 5.91 Å². The molecule has 5 heteroatoms. The molecule has 0 saturated carbocycles. The fraction of sp³-hybridized carbons (Fsp3) is 0.385. The van der Waals surface area contributed by atoms with Crippen molar-refractivity contribution in [2.45, 2.75) is 13.3 Å². The van der Waals surface area contributed by atoms with Gasteiger partial charge in [-0.1, -0.05) is 31.3 Å². The molecule has 1 rings (SSSR count). The molecule has 0 heterocycles. The minimum absolute atomic E-state index is 0.0267. The summed E-state index contributed by atoms with van der Waals surface area (Å²) in [5.41, 5.74) is 7.44. The molecular formula is C13H19N3OS. The van der Waals surface area contributed by atoms with E-state index in [1.165, 1.54) is 0 Å². The van der Waals surface area contributed by atoms with Crippen molar-refractivity contribution in [2.75, 3.05) is 25.0 Å². The second-order valence-electron chi connectivity index (χ2n) is 3.98. The number of rotatable bonds is 6. The lowest BCUT2D eigenvalue weighted by Crippen LogP contribution is -2.37. The van der Waals surface area contributed by atoms with Gasteiger partial charge in [-0.3, -0.25) is 4.79 Å².